The van der Waals surface area contributed by atoms with Crippen molar-refractivity contribution in [2.24, 2.45) is 5.73 Å². The van der Waals surface area contributed by atoms with Gasteiger partial charge in [0.25, 0.3) is 0 Å². The van der Waals surface area contributed by atoms with E-state index in [1.807, 2.05) is 32.0 Å². The standard InChI is InChI=1S/C22H26FN3O3/c1-13-6-4-7-14(2)18(13)12-19(21(24)28)26-22(29)20(25-15(3)27)11-16-8-5-9-17(23)10-16/h4-10,19-20H,11-12H2,1-3H3,(H2,24,28)(H,25,27)(H,26,29)/t19-,20+/m1/s1. The molecule has 0 heterocycles. The third-order valence-electron chi connectivity index (χ3n) is 4.74. The number of hydrogen-bond acceptors (Lipinski definition) is 3. The van der Waals surface area contributed by atoms with E-state index in [2.05, 4.69) is 10.6 Å². The second kappa shape index (κ2) is 9.82. The molecule has 0 saturated carbocycles. The van der Waals surface area contributed by atoms with Crippen molar-refractivity contribution in [2.45, 2.75) is 45.7 Å². The van der Waals surface area contributed by atoms with Gasteiger partial charge in [0.15, 0.2) is 0 Å². The van der Waals surface area contributed by atoms with E-state index in [-0.39, 0.29) is 12.8 Å². The lowest BCUT2D eigenvalue weighted by Gasteiger charge is -2.23. The number of hydrogen-bond donors (Lipinski definition) is 3. The van der Waals surface area contributed by atoms with Crippen LogP contribution < -0.4 is 16.4 Å². The summed E-state index contributed by atoms with van der Waals surface area (Å²) >= 11 is 0. The molecule has 7 heteroatoms. The normalized spacial score (nSPS) is 12.7. The second-order valence-corrected chi connectivity index (χ2v) is 7.13. The Labute approximate surface area is 169 Å². The minimum Gasteiger partial charge on any atom is -0.368 e. The maximum absolute atomic E-state index is 13.5. The van der Waals surface area contributed by atoms with E-state index in [0.29, 0.717) is 5.56 Å². The summed E-state index contributed by atoms with van der Waals surface area (Å²) in [6.07, 6.45) is 0.324. The van der Waals surface area contributed by atoms with Crippen molar-refractivity contribution in [1.82, 2.24) is 10.6 Å². The number of aryl methyl sites for hydroxylation is 2. The van der Waals surface area contributed by atoms with Gasteiger partial charge in [0.05, 0.1) is 0 Å². The Kier molecular flexibility index (Phi) is 7.47. The van der Waals surface area contributed by atoms with Crippen molar-refractivity contribution in [2.75, 3.05) is 0 Å². The summed E-state index contributed by atoms with van der Waals surface area (Å²) in [6, 6.07) is 9.64. The highest BCUT2D eigenvalue weighted by atomic mass is 19.1. The van der Waals surface area contributed by atoms with Crippen LogP contribution in [0.5, 0.6) is 0 Å². The fourth-order valence-corrected chi connectivity index (χ4v) is 3.22. The average molecular weight is 399 g/mol. The molecule has 3 amide bonds. The molecule has 0 bridgehead atoms. The molecular weight excluding hydrogens is 373 g/mol. The second-order valence-electron chi connectivity index (χ2n) is 7.13. The summed E-state index contributed by atoms with van der Waals surface area (Å²) in [5.41, 5.74) is 8.97. The smallest absolute Gasteiger partial charge is 0.243 e. The summed E-state index contributed by atoms with van der Waals surface area (Å²) in [6.45, 7) is 5.13. The fourth-order valence-electron chi connectivity index (χ4n) is 3.22. The first-order valence-electron chi connectivity index (χ1n) is 9.33. The van der Waals surface area contributed by atoms with Crippen LogP contribution in [0, 0.1) is 19.7 Å². The van der Waals surface area contributed by atoms with E-state index >= 15 is 0 Å². The zero-order valence-corrected chi connectivity index (χ0v) is 16.8. The van der Waals surface area contributed by atoms with E-state index in [9.17, 15) is 18.8 Å². The predicted octanol–water partition coefficient (Wildman–Crippen LogP) is 1.70. The van der Waals surface area contributed by atoms with Gasteiger partial charge in [-0.2, -0.15) is 0 Å². The molecule has 154 valence electrons. The minimum atomic E-state index is -0.964. The molecule has 0 aliphatic rings. The zero-order valence-electron chi connectivity index (χ0n) is 16.8. The summed E-state index contributed by atoms with van der Waals surface area (Å²) in [5.74, 6) is -2.07. The lowest BCUT2D eigenvalue weighted by Crippen LogP contribution is -2.54. The first-order chi connectivity index (χ1) is 13.7. The Morgan fingerprint density at radius 1 is 0.966 bits per heavy atom. The molecular formula is C22H26FN3O3. The van der Waals surface area contributed by atoms with Gasteiger partial charge in [-0.15, -0.1) is 0 Å². The number of carbonyl (C=O) groups is 3. The number of amides is 3. The van der Waals surface area contributed by atoms with Gasteiger partial charge < -0.3 is 16.4 Å². The van der Waals surface area contributed by atoms with Gasteiger partial charge in [-0.3, -0.25) is 14.4 Å². The first-order valence-corrected chi connectivity index (χ1v) is 9.33. The summed E-state index contributed by atoms with van der Waals surface area (Å²) in [5, 5.41) is 5.19. The molecule has 0 fully saturated rings. The number of primary amides is 1. The molecule has 0 aliphatic carbocycles. The lowest BCUT2D eigenvalue weighted by molar-refractivity contribution is -0.130. The third-order valence-corrected chi connectivity index (χ3v) is 4.74. The third kappa shape index (κ3) is 6.41. The molecule has 2 aromatic carbocycles. The van der Waals surface area contributed by atoms with Crippen molar-refractivity contribution in [3.05, 3.63) is 70.5 Å². The molecule has 29 heavy (non-hydrogen) atoms. The monoisotopic (exact) mass is 399 g/mol. The molecule has 2 rings (SSSR count). The molecule has 0 saturated heterocycles. The van der Waals surface area contributed by atoms with Crippen molar-refractivity contribution in [3.8, 4) is 0 Å². The van der Waals surface area contributed by atoms with Gasteiger partial charge >= 0.3 is 0 Å². The molecule has 0 spiro atoms. The minimum absolute atomic E-state index is 0.0814. The Bertz CT molecular complexity index is 894. The van der Waals surface area contributed by atoms with Gasteiger partial charge in [-0.25, -0.2) is 4.39 Å². The lowest BCUT2D eigenvalue weighted by atomic mass is 9.95. The molecule has 4 N–H and O–H groups in total. The van der Waals surface area contributed by atoms with E-state index in [4.69, 9.17) is 5.73 Å². The highest BCUT2D eigenvalue weighted by molar-refractivity contribution is 5.91. The Balaban J connectivity index is 2.19. The summed E-state index contributed by atoms with van der Waals surface area (Å²) in [4.78, 5) is 36.4. The molecule has 2 atom stereocenters. The van der Waals surface area contributed by atoms with Crippen LogP contribution in [0.25, 0.3) is 0 Å². The fraction of sp³-hybridized carbons (Fsp3) is 0.318. The number of nitrogens with one attached hydrogen (secondary N) is 2. The zero-order chi connectivity index (χ0) is 21.6. The van der Waals surface area contributed by atoms with Crippen molar-refractivity contribution >= 4 is 17.7 Å². The molecule has 0 aromatic heterocycles. The topological polar surface area (TPSA) is 101 Å². The van der Waals surface area contributed by atoms with Crippen molar-refractivity contribution < 1.29 is 18.8 Å². The number of halogens is 1. The maximum atomic E-state index is 13.5. The van der Waals surface area contributed by atoms with Crippen LogP contribution in [0.1, 0.15) is 29.2 Å². The van der Waals surface area contributed by atoms with Gasteiger partial charge in [0, 0.05) is 19.8 Å². The number of carbonyl (C=O) groups excluding carboxylic acids is 3. The number of benzene rings is 2. The molecule has 6 nitrogen and oxygen atoms in total. The van der Waals surface area contributed by atoms with Gasteiger partial charge in [-0.05, 0) is 48.2 Å². The number of nitrogens with two attached hydrogens (primary N) is 1. The Hall–Kier alpha value is -3.22. The van der Waals surface area contributed by atoms with Crippen molar-refractivity contribution in [1.29, 1.82) is 0 Å². The average Bonchev–Trinajstić information content (AvgIpc) is 2.62. The quantitative estimate of drug-likeness (QED) is 0.630. The number of rotatable bonds is 8. The van der Waals surface area contributed by atoms with E-state index < -0.39 is 35.6 Å². The van der Waals surface area contributed by atoms with Crippen LogP contribution in [-0.2, 0) is 27.2 Å². The highest BCUT2D eigenvalue weighted by Gasteiger charge is 2.26. The van der Waals surface area contributed by atoms with Crippen LogP contribution in [0.4, 0.5) is 4.39 Å². The van der Waals surface area contributed by atoms with Gasteiger partial charge in [-0.1, -0.05) is 30.3 Å². The predicted molar refractivity (Wildman–Crippen MR) is 108 cm³/mol. The van der Waals surface area contributed by atoms with Crippen LogP contribution >= 0.6 is 0 Å². The van der Waals surface area contributed by atoms with Crippen LogP contribution in [0.2, 0.25) is 0 Å². The molecule has 0 aliphatic heterocycles. The molecule has 0 radical (unpaired) electrons. The molecule has 2 aromatic rings. The largest absolute Gasteiger partial charge is 0.368 e. The van der Waals surface area contributed by atoms with E-state index in [0.717, 1.165) is 16.7 Å². The van der Waals surface area contributed by atoms with E-state index in [1.165, 1.54) is 25.1 Å². The maximum Gasteiger partial charge on any atom is 0.243 e. The Morgan fingerprint density at radius 3 is 2.14 bits per heavy atom. The van der Waals surface area contributed by atoms with Crippen LogP contribution in [-0.4, -0.2) is 29.8 Å². The highest BCUT2D eigenvalue weighted by Crippen LogP contribution is 2.16. The Morgan fingerprint density at radius 2 is 1.59 bits per heavy atom. The molecule has 0 unspecified atom stereocenters. The SMILES string of the molecule is CC(=O)N[C@@H](Cc1cccc(F)c1)C(=O)N[C@H](Cc1c(C)cccc1C)C(N)=O. The van der Waals surface area contributed by atoms with E-state index in [1.54, 1.807) is 6.07 Å². The summed E-state index contributed by atoms with van der Waals surface area (Å²) in [7, 11) is 0. The van der Waals surface area contributed by atoms with Crippen molar-refractivity contribution in [3.63, 3.8) is 0 Å². The van der Waals surface area contributed by atoms with Gasteiger partial charge in [0.1, 0.15) is 17.9 Å². The summed E-state index contributed by atoms with van der Waals surface area (Å²) < 4.78 is 13.5. The van der Waals surface area contributed by atoms with Crippen LogP contribution in [0.15, 0.2) is 42.5 Å². The first kappa shape index (κ1) is 22.1. The van der Waals surface area contributed by atoms with Crippen LogP contribution in [0.3, 0.4) is 0 Å². The van der Waals surface area contributed by atoms with Gasteiger partial charge in [0.2, 0.25) is 17.7 Å².